The van der Waals surface area contributed by atoms with E-state index >= 15 is 0 Å². The molecule has 0 aromatic heterocycles. The first kappa shape index (κ1) is 19.9. The highest BCUT2D eigenvalue weighted by Crippen LogP contribution is 2.22. The van der Waals surface area contributed by atoms with E-state index in [1.165, 1.54) is 28.0 Å². The van der Waals surface area contributed by atoms with Gasteiger partial charge in [-0.1, -0.05) is 12.1 Å². The Kier molecular flexibility index (Phi) is 5.98. The first-order valence-corrected chi connectivity index (χ1v) is 10.2. The molecular formula is C19H22N4O4S. The van der Waals surface area contributed by atoms with E-state index in [4.69, 9.17) is 10.9 Å². The highest BCUT2D eigenvalue weighted by atomic mass is 32.2. The predicted molar refractivity (Wildman–Crippen MR) is 107 cm³/mol. The van der Waals surface area contributed by atoms with Gasteiger partial charge in [0, 0.05) is 43.6 Å². The second kappa shape index (κ2) is 8.42. The maximum atomic E-state index is 12.9. The minimum absolute atomic E-state index is 0.206. The second-order valence-electron chi connectivity index (χ2n) is 6.36. The summed E-state index contributed by atoms with van der Waals surface area (Å²) in [6.07, 6.45) is 2.63. The van der Waals surface area contributed by atoms with Crippen molar-refractivity contribution in [3.05, 3.63) is 60.2 Å². The Morgan fingerprint density at radius 1 is 1.00 bits per heavy atom. The summed E-state index contributed by atoms with van der Waals surface area (Å²) >= 11 is 0. The third kappa shape index (κ3) is 4.50. The molecule has 3 rings (SSSR count). The molecule has 0 radical (unpaired) electrons. The number of nitrogens with one attached hydrogen (secondary N) is 1. The molecule has 148 valence electrons. The summed E-state index contributed by atoms with van der Waals surface area (Å²) in [5, 5.41) is 8.47. The number of nitrogens with two attached hydrogens (primary N) is 1. The van der Waals surface area contributed by atoms with E-state index in [0.29, 0.717) is 37.4 Å². The Balaban J connectivity index is 1.66. The Bertz CT molecular complexity index is 948. The summed E-state index contributed by atoms with van der Waals surface area (Å²) in [4.78, 5) is 13.3. The lowest BCUT2D eigenvalue weighted by Gasteiger charge is -2.35. The minimum atomic E-state index is -3.58. The highest BCUT2D eigenvalue weighted by Gasteiger charge is 2.28. The molecule has 9 heteroatoms. The van der Waals surface area contributed by atoms with Gasteiger partial charge >= 0.3 is 0 Å². The topological polar surface area (TPSA) is 116 Å². The van der Waals surface area contributed by atoms with Gasteiger partial charge < -0.3 is 10.6 Å². The lowest BCUT2D eigenvalue weighted by atomic mass is 10.2. The number of sulfonamides is 1. The monoisotopic (exact) mass is 402 g/mol. The minimum Gasteiger partial charge on any atom is -0.399 e. The van der Waals surface area contributed by atoms with Gasteiger partial charge in [0.1, 0.15) is 0 Å². The number of benzene rings is 2. The van der Waals surface area contributed by atoms with E-state index in [1.54, 1.807) is 12.1 Å². The number of carbonyl (C=O) groups is 1. The third-order valence-electron chi connectivity index (χ3n) is 4.55. The van der Waals surface area contributed by atoms with Crippen molar-refractivity contribution in [1.29, 1.82) is 0 Å². The third-order valence-corrected chi connectivity index (χ3v) is 6.46. The fourth-order valence-corrected chi connectivity index (χ4v) is 4.40. The number of nitrogens with zero attached hydrogens (tertiary/aromatic N) is 2. The van der Waals surface area contributed by atoms with Crippen LogP contribution in [0.5, 0.6) is 0 Å². The van der Waals surface area contributed by atoms with Gasteiger partial charge in [0.15, 0.2) is 0 Å². The normalized spacial score (nSPS) is 15.7. The van der Waals surface area contributed by atoms with E-state index < -0.39 is 15.9 Å². The molecule has 4 N–H and O–H groups in total. The number of hydrogen-bond donors (Lipinski definition) is 3. The van der Waals surface area contributed by atoms with Gasteiger partial charge in [-0.05, 0) is 48.0 Å². The summed E-state index contributed by atoms with van der Waals surface area (Å²) in [7, 11) is -3.58. The average molecular weight is 402 g/mol. The molecule has 0 bridgehead atoms. The number of nitrogen functional groups attached to an aromatic ring is 1. The van der Waals surface area contributed by atoms with Gasteiger partial charge in [-0.2, -0.15) is 4.31 Å². The van der Waals surface area contributed by atoms with Gasteiger partial charge in [0.2, 0.25) is 10.0 Å². The van der Waals surface area contributed by atoms with Gasteiger partial charge in [0.05, 0.1) is 4.90 Å². The van der Waals surface area contributed by atoms with Crippen molar-refractivity contribution < 1.29 is 18.4 Å². The summed E-state index contributed by atoms with van der Waals surface area (Å²) in [5.41, 5.74) is 9.57. The van der Waals surface area contributed by atoms with Crippen LogP contribution < -0.4 is 16.1 Å². The number of anilines is 2. The van der Waals surface area contributed by atoms with Crippen LogP contribution in [0.25, 0.3) is 6.08 Å². The van der Waals surface area contributed by atoms with Crippen LogP contribution in [0.4, 0.5) is 11.4 Å². The number of amides is 1. The predicted octanol–water partition coefficient (Wildman–Crippen LogP) is 1.30. The van der Waals surface area contributed by atoms with E-state index in [0.717, 1.165) is 11.8 Å². The zero-order valence-electron chi connectivity index (χ0n) is 15.2. The smallest absolute Gasteiger partial charge is 0.267 e. The van der Waals surface area contributed by atoms with E-state index in [1.807, 2.05) is 24.3 Å². The number of rotatable bonds is 5. The van der Waals surface area contributed by atoms with Gasteiger partial charge in [-0.25, -0.2) is 13.9 Å². The zero-order chi connectivity index (χ0) is 20.1. The van der Waals surface area contributed by atoms with Crippen LogP contribution in [-0.2, 0) is 14.8 Å². The SMILES string of the molecule is Nc1ccc(N2CCN(S(=O)(=O)c3ccc(/C=C/C(=O)NO)cc3)CC2)cc1. The molecule has 1 aliphatic rings. The highest BCUT2D eigenvalue weighted by molar-refractivity contribution is 7.89. The molecule has 1 heterocycles. The van der Waals surface area contributed by atoms with Crippen molar-refractivity contribution in [2.24, 2.45) is 0 Å². The molecule has 2 aromatic carbocycles. The molecule has 1 amide bonds. The Morgan fingerprint density at radius 3 is 2.18 bits per heavy atom. The summed E-state index contributed by atoms with van der Waals surface area (Å²) in [6, 6.07) is 13.8. The molecule has 0 saturated carbocycles. The molecule has 1 fully saturated rings. The zero-order valence-corrected chi connectivity index (χ0v) is 16.0. The van der Waals surface area contributed by atoms with Gasteiger partial charge in [-0.3, -0.25) is 10.0 Å². The lowest BCUT2D eigenvalue weighted by molar-refractivity contribution is -0.124. The van der Waals surface area contributed by atoms with Crippen LogP contribution in [0.1, 0.15) is 5.56 Å². The van der Waals surface area contributed by atoms with Crippen LogP contribution in [0.2, 0.25) is 0 Å². The Labute approximate surface area is 163 Å². The quantitative estimate of drug-likeness (QED) is 0.300. The van der Waals surface area contributed by atoms with Crippen LogP contribution >= 0.6 is 0 Å². The molecule has 8 nitrogen and oxygen atoms in total. The first-order chi connectivity index (χ1) is 13.4. The van der Waals surface area contributed by atoms with Crippen molar-refractivity contribution in [3.8, 4) is 0 Å². The number of piperazine rings is 1. The van der Waals surface area contributed by atoms with Crippen molar-refractivity contribution in [2.75, 3.05) is 36.8 Å². The fraction of sp³-hybridized carbons (Fsp3) is 0.211. The number of hydroxylamine groups is 1. The molecular weight excluding hydrogens is 380 g/mol. The molecule has 2 aromatic rings. The maximum Gasteiger partial charge on any atom is 0.267 e. The Hall–Kier alpha value is -2.88. The largest absolute Gasteiger partial charge is 0.399 e. The average Bonchev–Trinajstić information content (AvgIpc) is 2.73. The fourth-order valence-electron chi connectivity index (χ4n) is 2.98. The number of carbonyl (C=O) groups excluding carboxylic acids is 1. The van der Waals surface area contributed by atoms with Crippen molar-refractivity contribution in [3.63, 3.8) is 0 Å². The summed E-state index contributed by atoms with van der Waals surface area (Å²) in [6.45, 7) is 1.98. The van der Waals surface area contributed by atoms with E-state index in [9.17, 15) is 13.2 Å². The van der Waals surface area contributed by atoms with Crippen LogP contribution in [0.3, 0.4) is 0 Å². The first-order valence-electron chi connectivity index (χ1n) is 8.73. The number of hydrogen-bond acceptors (Lipinski definition) is 6. The van der Waals surface area contributed by atoms with Crippen molar-refractivity contribution in [1.82, 2.24) is 9.79 Å². The molecule has 1 saturated heterocycles. The standard InChI is InChI=1S/C19H22N4O4S/c20-16-4-6-17(7-5-16)22-11-13-23(14-12-22)28(26,27)18-8-1-15(2-9-18)3-10-19(24)21-25/h1-10,25H,11-14,20H2,(H,21,24)/b10-3+. The molecule has 28 heavy (non-hydrogen) atoms. The molecule has 0 unspecified atom stereocenters. The molecule has 0 atom stereocenters. The van der Waals surface area contributed by atoms with Crippen molar-refractivity contribution in [2.45, 2.75) is 4.90 Å². The van der Waals surface area contributed by atoms with Crippen LogP contribution in [0.15, 0.2) is 59.5 Å². The second-order valence-corrected chi connectivity index (χ2v) is 8.30. The molecule has 0 aliphatic carbocycles. The summed E-state index contributed by atoms with van der Waals surface area (Å²) in [5.74, 6) is -0.657. The van der Waals surface area contributed by atoms with Crippen LogP contribution in [0, 0.1) is 0 Å². The van der Waals surface area contributed by atoms with E-state index in [2.05, 4.69) is 4.90 Å². The maximum absolute atomic E-state index is 12.9. The Morgan fingerprint density at radius 2 is 1.61 bits per heavy atom. The van der Waals surface area contributed by atoms with Crippen molar-refractivity contribution >= 4 is 33.4 Å². The van der Waals surface area contributed by atoms with Gasteiger partial charge in [-0.15, -0.1) is 0 Å². The van der Waals surface area contributed by atoms with Gasteiger partial charge in [0.25, 0.3) is 5.91 Å². The lowest BCUT2D eigenvalue weighted by Crippen LogP contribution is -2.48. The molecule has 1 aliphatic heterocycles. The molecule has 0 spiro atoms. The van der Waals surface area contributed by atoms with E-state index in [-0.39, 0.29) is 4.90 Å². The van der Waals surface area contributed by atoms with Crippen LogP contribution in [-0.4, -0.2) is 50.0 Å². The summed E-state index contributed by atoms with van der Waals surface area (Å²) < 4.78 is 27.2.